The summed E-state index contributed by atoms with van der Waals surface area (Å²) in [5.74, 6) is 0. The number of hydrogen-bond donors (Lipinski definition) is 1. The predicted molar refractivity (Wildman–Crippen MR) is 97.3 cm³/mol. The third-order valence-electron chi connectivity index (χ3n) is 3.66. The first-order valence-corrected chi connectivity index (χ1v) is 8.26. The molecule has 0 saturated carbocycles. The molecule has 1 unspecified atom stereocenters. The van der Waals surface area contributed by atoms with E-state index in [2.05, 4.69) is 36.1 Å². The van der Waals surface area contributed by atoms with Crippen LogP contribution in [0.5, 0.6) is 0 Å². The van der Waals surface area contributed by atoms with Gasteiger partial charge in [0.2, 0.25) is 0 Å². The molecule has 5 heteroatoms. The van der Waals surface area contributed by atoms with Gasteiger partial charge in [0.1, 0.15) is 0 Å². The quantitative estimate of drug-likeness (QED) is 0.841. The standard InChI is InChI=1S/C19H27N3O2/c1-6-11-22(18(23)20-19(3,4)5)13-16-12-17(21-24-16)15-9-7-14(2)8-10-15/h6-10,16H,1,11-13H2,2-5H3,(H,20,23). The smallest absolute Gasteiger partial charge is 0.318 e. The molecule has 0 aromatic heterocycles. The van der Waals surface area contributed by atoms with E-state index >= 15 is 0 Å². The molecule has 2 rings (SSSR count). The Morgan fingerprint density at radius 1 is 1.42 bits per heavy atom. The fraction of sp³-hybridized carbons (Fsp3) is 0.474. The largest absolute Gasteiger partial charge is 0.390 e. The van der Waals surface area contributed by atoms with Gasteiger partial charge in [0.25, 0.3) is 0 Å². The Hall–Kier alpha value is -2.30. The minimum absolute atomic E-state index is 0.116. The van der Waals surface area contributed by atoms with Crippen molar-refractivity contribution in [1.82, 2.24) is 10.2 Å². The molecule has 5 nitrogen and oxygen atoms in total. The van der Waals surface area contributed by atoms with Crippen molar-refractivity contribution in [3.8, 4) is 0 Å². The lowest BCUT2D eigenvalue weighted by molar-refractivity contribution is 0.0621. The number of urea groups is 1. The van der Waals surface area contributed by atoms with E-state index < -0.39 is 0 Å². The van der Waals surface area contributed by atoms with Crippen molar-refractivity contribution >= 4 is 11.7 Å². The van der Waals surface area contributed by atoms with Gasteiger partial charge in [-0.1, -0.05) is 41.1 Å². The highest BCUT2D eigenvalue weighted by molar-refractivity contribution is 6.01. The molecule has 1 heterocycles. The van der Waals surface area contributed by atoms with Crippen LogP contribution in [0.25, 0.3) is 0 Å². The van der Waals surface area contributed by atoms with E-state index in [1.54, 1.807) is 11.0 Å². The van der Waals surface area contributed by atoms with Crippen LogP contribution in [-0.2, 0) is 4.84 Å². The Kier molecular flexibility index (Phi) is 5.65. The third kappa shape index (κ3) is 5.11. The molecule has 1 aromatic carbocycles. The van der Waals surface area contributed by atoms with Gasteiger partial charge in [-0.2, -0.15) is 0 Å². The number of oxime groups is 1. The molecule has 130 valence electrons. The molecule has 0 bridgehead atoms. The van der Waals surface area contributed by atoms with E-state index in [1.807, 2.05) is 32.9 Å². The van der Waals surface area contributed by atoms with Gasteiger partial charge in [-0.25, -0.2) is 4.79 Å². The summed E-state index contributed by atoms with van der Waals surface area (Å²) in [5.41, 5.74) is 2.93. The van der Waals surface area contributed by atoms with Crippen LogP contribution in [0.3, 0.4) is 0 Å². The first-order valence-electron chi connectivity index (χ1n) is 8.26. The zero-order chi connectivity index (χ0) is 17.7. The minimum atomic E-state index is -0.281. The van der Waals surface area contributed by atoms with Crippen molar-refractivity contribution in [3.63, 3.8) is 0 Å². The molecule has 24 heavy (non-hydrogen) atoms. The van der Waals surface area contributed by atoms with Crippen LogP contribution in [-0.4, -0.2) is 41.4 Å². The summed E-state index contributed by atoms with van der Waals surface area (Å²) < 4.78 is 0. The highest BCUT2D eigenvalue weighted by Crippen LogP contribution is 2.18. The van der Waals surface area contributed by atoms with Crippen molar-refractivity contribution in [2.45, 2.75) is 45.8 Å². The molecule has 0 radical (unpaired) electrons. The number of amides is 2. The van der Waals surface area contributed by atoms with Gasteiger partial charge in [0.05, 0.1) is 12.3 Å². The monoisotopic (exact) mass is 329 g/mol. The van der Waals surface area contributed by atoms with Crippen LogP contribution in [0.1, 0.15) is 38.3 Å². The minimum Gasteiger partial charge on any atom is -0.390 e. The van der Waals surface area contributed by atoms with Gasteiger partial charge in [0, 0.05) is 18.5 Å². The molecule has 1 aliphatic rings. The molecule has 0 spiro atoms. The average Bonchev–Trinajstić information content (AvgIpc) is 2.94. The highest BCUT2D eigenvalue weighted by Gasteiger charge is 2.27. The summed E-state index contributed by atoms with van der Waals surface area (Å²) in [6, 6.07) is 8.11. The maximum atomic E-state index is 12.4. The van der Waals surface area contributed by atoms with Crippen LogP contribution in [0.15, 0.2) is 42.1 Å². The van der Waals surface area contributed by atoms with E-state index in [1.165, 1.54) is 5.56 Å². The maximum Gasteiger partial charge on any atom is 0.318 e. The lowest BCUT2D eigenvalue weighted by Crippen LogP contribution is -2.50. The fourth-order valence-electron chi connectivity index (χ4n) is 2.48. The lowest BCUT2D eigenvalue weighted by Gasteiger charge is -2.28. The Balaban J connectivity index is 1.96. The molecule has 1 N–H and O–H groups in total. The summed E-state index contributed by atoms with van der Waals surface area (Å²) in [7, 11) is 0. The van der Waals surface area contributed by atoms with Crippen molar-refractivity contribution in [2.75, 3.05) is 13.1 Å². The van der Waals surface area contributed by atoms with Crippen LogP contribution in [0, 0.1) is 6.92 Å². The molecule has 0 aliphatic carbocycles. The Morgan fingerprint density at radius 3 is 2.67 bits per heavy atom. The first kappa shape index (κ1) is 18.0. The number of aryl methyl sites for hydroxylation is 1. The lowest BCUT2D eigenvalue weighted by atomic mass is 10.0. The number of hydrogen-bond acceptors (Lipinski definition) is 3. The SMILES string of the molecule is C=CCN(CC1CC(c2ccc(C)cc2)=NO1)C(=O)NC(C)(C)C. The molecule has 2 amide bonds. The zero-order valence-electron chi connectivity index (χ0n) is 15.0. The third-order valence-corrected chi connectivity index (χ3v) is 3.66. The van der Waals surface area contributed by atoms with E-state index in [0.717, 1.165) is 11.3 Å². The maximum absolute atomic E-state index is 12.4. The molecule has 0 fully saturated rings. The van der Waals surface area contributed by atoms with Gasteiger partial charge < -0.3 is 15.1 Å². The second-order valence-electron chi connectivity index (χ2n) is 7.21. The molecular formula is C19H27N3O2. The van der Waals surface area contributed by atoms with Gasteiger partial charge in [-0.05, 0) is 33.3 Å². The second kappa shape index (κ2) is 7.51. The molecule has 0 saturated heterocycles. The Labute approximate surface area is 144 Å². The average molecular weight is 329 g/mol. The van der Waals surface area contributed by atoms with Crippen LogP contribution in [0.4, 0.5) is 4.79 Å². The summed E-state index contributed by atoms with van der Waals surface area (Å²) in [6.45, 7) is 12.6. The van der Waals surface area contributed by atoms with E-state index in [4.69, 9.17) is 4.84 Å². The number of carbonyl (C=O) groups excluding carboxylic acids is 1. The second-order valence-corrected chi connectivity index (χ2v) is 7.21. The van der Waals surface area contributed by atoms with Gasteiger partial charge >= 0.3 is 6.03 Å². The zero-order valence-corrected chi connectivity index (χ0v) is 15.0. The van der Waals surface area contributed by atoms with Crippen LogP contribution in [0.2, 0.25) is 0 Å². The van der Waals surface area contributed by atoms with E-state index in [-0.39, 0.29) is 17.7 Å². The Bertz CT molecular complexity index is 614. The fourth-order valence-corrected chi connectivity index (χ4v) is 2.48. The number of benzene rings is 1. The summed E-state index contributed by atoms with van der Waals surface area (Å²) in [4.78, 5) is 19.6. The molecule has 1 atom stereocenters. The Morgan fingerprint density at radius 2 is 2.08 bits per heavy atom. The van der Waals surface area contributed by atoms with E-state index in [9.17, 15) is 4.79 Å². The summed E-state index contributed by atoms with van der Waals surface area (Å²) in [5, 5.41) is 7.17. The first-order chi connectivity index (χ1) is 11.3. The van der Waals surface area contributed by atoms with Gasteiger partial charge in [-0.15, -0.1) is 6.58 Å². The van der Waals surface area contributed by atoms with Crippen molar-refractivity contribution in [1.29, 1.82) is 0 Å². The predicted octanol–water partition coefficient (Wildman–Crippen LogP) is 3.48. The van der Waals surface area contributed by atoms with E-state index in [0.29, 0.717) is 19.5 Å². The number of carbonyl (C=O) groups is 1. The van der Waals surface area contributed by atoms with Crippen molar-refractivity contribution < 1.29 is 9.63 Å². The molecule has 1 aliphatic heterocycles. The number of nitrogens with one attached hydrogen (secondary N) is 1. The van der Waals surface area contributed by atoms with Gasteiger partial charge in [0.15, 0.2) is 6.10 Å². The normalized spacial score (nSPS) is 17.0. The molecular weight excluding hydrogens is 302 g/mol. The molecule has 1 aromatic rings. The van der Waals surface area contributed by atoms with Crippen LogP contribution >= 0.6 is 0 Å². The van der Waals surface area contributed by atoms with Crippen molar-refractivity contribution in [3.05, 3.63) is 48.0 Å². The topological polar surface area (TPSA) is 53.9 Å². The number of nitrogens with zero attached hydrogens (tertiary/aromatic N) is 2. The summed E-state index contributed by atoms with van der Waals surface area (Å²) in [6.07, 6.45) is 2.28. The van der Waals surface area contributed by atoms with Crippen molar-refractivity contribution in [2.24, 2.45) is 5.16 Å². The van der Waals surface area contributed by atoms with Gasteiger partial charge in [-0.3, -0.25) is 0 Å². The highest BCUT2D eigenvalue weighted by atomic mass is 16.6. The summed E-state index contributed by atoms with van der Waals surface area (Å²) >= 11 is 0. The van der Waals surface area contributed by atoms with Crippen LogP contribution < -0.4 is 5.32 Å². The number of rotatable bonds is 5.